The zero-order chi connectivity index (χ0) is 20.5. The minimum absolute atomic E-state index is 0.206. The smallest absolute Gasteiger partial charge is 0.268 e. The molecular weight excluding hydrogens is 362 g/mol. The van der Waals surface area contributed by atoms with Crippen molar-refractivity contribution < 1.29 is 25.0 Å². The monoisotopic (exact) mass is 385 g/mol. The molecule has 8 nitrogen and oxygen atoms in total. The summed E-state index contributed by atoms with van der Waals surface area (Å²) in [6.45, 7) is 3.55. The Morgan fingerprint density at radius 2 is 1.93 bits per heavy atom. The molecule has 28 heavy (non-hydrogen) atoms. The van der Waals surface area contributed by atoms with Crippen molar-refractivity contribution in [1.29, 1.82) is 0 Å². The highest BCUT2D eigenvalue weighted by Gasteiger charge is 2.25. The van der Waals surface area contributed by atoms with Crippen LogP contribution in [-0.4, -0.2) is 70.0 Å². The fourth-order valence-corrected chi connectivity index (χ4v) is 2.55. The molecule has 1 heterocycles. The molecule has 0 unspecified atom stereocenters. The van der Waals surface area contributed by atoms with Crippen LogP contribution in [0.5, 0.6) is 0 Å². The number of rotatable bonds is 6. The summed E-state index contributed by atoms with van der Waals surface area (Å²) in [7, 11) is 0. The van der Waals surface area contributed by atoms with E-state index in [-0.39, 0.29) is 11.7 Å². The molecule has 1 fully saturated rings. The number of carbonyl (C=O) groups excluding carboxylic acids is 2. The summed E-state index contributed by atoms with van der Waals surface area (Å²) < 4.78 is 0. The Bertz CT molecular complexity index is 808. The van der Waals surface area contributed by atoms with Crippen molar-refractivity contribution in [1.82, 2.24) is 15.7 Å². The zero-order valence-electron chi connectivity index (χ0n) is 15.5. The van der Waals surface area contributed by atoms with Gasteiger partial charge in [0, 0.05) is 37.2 Å². The lowest BCUT2D eigenvalue weighted by atomic mass is 10.1. The fourth-order valence-electron chi connectivity index (χ4n) is 2.55. The second-order valence-electron chi connectivity index (χ2n) is 6.46. The summed E-state index contributed by atoms with van der Waals surface area (Å²) in [5, 5.41) is 29.7. The summed E-state index contributed by atoms with van der Waals surface area (Å²) in [5.41, 5.74) is 2.37. The van der Waals surface area contributed by atoms with Crippen molar-refractivity contribution in [3.8, 4) is 23.7 Å². The van der Waals surface area contributed by atoms with Gasteiger partial charge in [0.1, 0.15) is 6.04 Å². The van der Waals surface area contributed by atoms with E-state index in [4.69, 9.17) is 5.21 Å². The third-order valence-corrected chi connectivity index (χ3v) is 4.16. The lowest BCUT2D eigenvalue weighted by molar-refractivity contribution is -0.133. The first-order valence-corrected chi connectivity index (χ1v) is 8.83. The van der Waals surface area contributed by atoms with Gasteiger partial charge in [0.15, 0.2) is 0 Å². The Morgan fingerprint density at radius 3 is 2.50 bits per heavy atom. The molecule has 1 saturated heterocycles. The Kier molecular flexibility index (Phi) is 8.00. The van der Waals surface area contributed by atoms with Gasteiger partial charge in [-0.2, -0.15) is 0 Å². The van der Waals surface area contributed by atoms with Gasteiger partial charge >= 0.3 is 0 Å². The molecule has 5 N–H and O–H groups in total. The van der Waals surface area contributed by atoms with Crippen LogP contribution in [0.3, 0.4) is 0 Å². The molecule has 8 heteroatoms. The molecule has 1 aliphatic heterocycles. The van der Waals surface area contributed by atoms with E-state index < -0.39 is 24.0 Å². The van der Waals surface area contributed by atoms with Crippen LogP contribution in [-0.2, 0) is 4.79 Å². The highest BCUT2D eigenvalue weighted by Crippen LogP contribution is 2.07. The van der Waals surface area contributed by atoms with Crippen LogP contribution < -0.4 is 10.8 Å². The van der Waals surface area contributed by atoms with Crippen LogP contribution in [0.1, 0.15) is 29.3 Å². The molecule has 0 aliphatic carbocycles. The molecule has 0 saturated carbocycles. The Morgan fingerprint density at radius 1 is 1.25 bits per heavy atom. The third kappa shape index (κ3) is 6.38. The lowest BCUT2D eigenvalue weighted by Crippen LogP contribution is -2.51. The highest BCUT2D eigenvalue weighted by atomic mass is 16.5. The van der Waals surface area contributed by atoms with E-state index in [0.29, 0.717) is 25.1 Å². The van der Waals surface area contributed by atoms with Gasteiger partial charge in [-0.15, -0.1) is 0 Å². The maximum absolute atomic E-state index is 12.2. The fraction of sp³-hybridized carbons (Fsp3) is 0.400. The van der Waals surface area contributed by atoms with E-state index in [0.717, 1.165) is 6.54 Å². The van der Waals surface area contributed by atoms with Gasteiger partial charge < -0.3 is 15.5 Å². The number of nitrogens with zero attached hydrogens (tertiary/aromatic N) is 1. The number of amides is 2. The van der Waals surface area contributed by atoms with Gasteiger partial charge in [-0.05, 0) is 43.0 Å². The second-order valence-corrected chi connectivity index (χ2v) is 6.46. The van der Waals surface area contributed by atoms with E-state index in [1.165, 1.54) is 24.5 Å². The normalized spacial score (nSPS) is 15.7. The number of aliphatic hydroxyl groups is 2. The largest absolute Gasteiger partial charge is 0.391 e. The lowest BCUT2D eigenvalue weighted by Gasteiger charge is -2.35. The third-order valence-electron chi connectivity index (χ3n) is 4.16. The molecule has 0 bridgehead atoms. The number of benzene rings is 1. The van der Waals surface area contributed by atoms with Gasteiger partial charge in [0.05, 0.1) is 12.2 Å². The number of aliphatic hydroxyl groups excluding tert-OH is 2. The molecule has 0 radical (unpaired) electrons. The van der Waals surface area contributed by atoms with Crippen LogP contribution in [0.15, 0.2) is 24.3 Å². The van der Waals surface area contributed by atoms with Crippen molar-refractivity contribution in [3.63, 3.8) is 0 Å². The van der Waals surface area contributed by atoms with Crippen molar-refractivity contribution in [2.24, 2.45) is 0 Å². The topological polar surface area (TPSA) is 122 Å². The molecule has 148 valence electrons. The summed E-state index contributed by atoms with van der Waals surface area (Å²) in [6, 6.07) is 5.10. The number of carbonyl (C=O) groups is 2. The summed E-state index contributed by atoms with van der Waals surface area (Å²) in [5.74, 6) is 9.87. The van der Waals surface area contributed by atoms with Crippen LogP contribution >= 0.6 is 0 Å². The predicted octanol–water partition coefficient (Wildman–Crippen LogP) is -0.907. The van der Waals surface area contributed by atoms with E-state index in [1.807, 2.05) is 0 Å². The maximum atomic E-state index is 12.2. The van der Waals surface area contributed by atoms with Crippen LogP contribution in [0.4, 0.5) is 0 Å². The first-order chi connectivity index (χ1) is 13.4. The number of hydrogen-bond acceptors (Lipinski definition) is 6. The standard InChI is InChI=1S/C20H23N3O5/c1-14(24)18(20(27)22-28)21-19(26)16-9-7-15(8-10-16)6-4-2-3-5-11-23-12-17(25)13-23/h7-10,14,17-18,24-25,28H,5,11-13H2,1H3,(H,21,26)(H,22,27)/t14-,18+/m1/s1. The molecule has 2 atom stereocenters. The zero-order valence-corrected chi connectivity index (χ0v) is 15.5. The summed E-state index contributed by atoms with van der Waals surface area (Å²) in [4.78, 5) is 25.7. The Hall–Kier alpha value is -2.88. The summed E-state index contributed by atoms with van der Waals surface area (Å²) in [6.07, 6.45) is -0.694. The van der Waals surface area contributed by atoms with E-state index >= 15 is 0 Å². The number of hydrogen-bond donors (Lipinski definition) is 5. The van der Waals surface area contributed by atoms with Gasteiger partial charge in [0.2, 0.25) is 0 Å². The van der Waals surface area contributed by atoms with Crippen LogP contribution in [0.2, 0.25) is 0 Å². The van der Waals surface area contributed by atoms with Gasteiger partial charge in [-0.1, -0.05) is 11.8 Å². The number of likely N-dealkylation sites (tertiary alicyclic amines) is 1. The average molecular weight is 385 g/mol. The van der Waals surface area contributed by atoms with Crippen molar-refractivity contribution >= 4 is 11.8 Å². The minimum atomic E-state index is -1.27. The van der Waals surface area contributed by atoms with E-state index in [9.17, 15) is 19.8 Å². The van der Waals surface area contributed by atoms with E-state index in [1.54, 1.807) is 12.1 Å². The predicted molar refractivity (Wildman–Crippen MR) is 101 cm³/mol. The molecule has 1 aromatic carbocycles. The minimum Gasteiger partial charge on any atom is -0.391 e. The highest BCUT2D eigenvalue weighted by molar-refractivity contribution is 5.97. The molecule has 0 aromatic heterocycles. The molecule has 2 rings (SSSR count). The first-order valence-electron chi connectivity index (χ1n) is 8.83. The molecular formula is C20H23N3O5. The Labute approximate surface area is 163 Å². The average Bonchev–Trinajstić information content (AvgIpc) is 2.66. The van der Waals surface area contributed by atoms with Crippen molar-refractivity contribution in [2.45, 2.75) is 31.6 Å². The molecule has 1 aliphatic rings. The van der Waals surface area contributed by atoms with Gasteiger partial charge in [-0.25, -0.2) is 5.48 Å². The maximum Gasteiger partial charge on any atom is 0.268 e. The van der Waals surface area contributed by atoms with E-state index in [2.05, 4.69) is 33.9 Å². The molecule has 0 spiro atoms. The first kappa shape index (κ1) is 21.4. The SMILES string of the molecule is C[C@@H](O)[C@H](NC(=O)c1ccc(C#CC#CCCN2CC(O)C2)cc1)C(=O)NO. The summed E-state index contributed by atoms with van der Waals surface area (Å²) >= 11 is 0. The number of nitrogens with one attached hydrogen (secondary N) is 2. The Balaban J connectivity index is 1.86. The van der Waals surface area contributed by atoms with Crippen LogP contribution in [0.25, 0.3) is 0 Å². The number of β-amino-alcohol motifs (C(OH)–C–C–N with tert-alkyl or cyclic N) is 1. The molecule has 1 aromatic rings. The number of hydroxylamine groups is 1. The van der Waals surface area contributed by atoms with Crippen molar-refractivity contribution in [2.75, 3.05) is 19.6 Å². The second kappa shape index (κ2) is 10.5. The van der Waals surface area contributed by atoms with Gasteiger partial charge in [0.25, 0.3) is 11.8 Å². The van der Waals surface area contributed by atoms with Crippen molar-refractivity contribution in [3.05, 3.63) is 35.4 Å². The molecule has 2 amide bonds. The van der Waals surface area contributed by atoms with Gasteiger partial charge in [-0.3, -0.25) is 19.7 Å². The quantitative estimate of drug-likeness (QED) is 0.246. The van der Waals surface area contributed by atoms with Crippen LogP contribution in [0, 0.1) is 23.7 Å².